The lowest BCUT2D eigenvalue weighted by Gasteiger charge is -2.30. The van der Waals surface area contributed by atoms with Gasteiger partial charge in [-0.1, -0.05) is 48.4 Å². The third-order valence-corrected chi connectivity index (χ3v) is 8.52. The molecule has 1 atom stereocenters. The van der Waals surface area contributed by atoms with Gasteiger partial charge in [-0.05, 0) is 84.2 Å². The number of nitrogens with zero attached hydrogens (tertiary/aromatic N) is 4. The van der Waals surface area contributed by atoms with E-state index < -0.39 is 11.8 Å². The number of carbonyl (C=O) groups excluding carboxylic acids is 1. The summed E-state index contributed by atoms with van der Waals surface area (Å²) in [5, 5.41) is 18.7. The van der Waals surface area contributed by atoms with Crippen molar-refractivity contribution < 1.29 is 19.1 Å². The molecule has 0 saturated carbocycles. The minimum absolute atomic E-state index is 0.0700. The zero-order valence-electron chi connectivity index (χ0n) is 22.7. The smallest absolute Gasteiger partial charge is 0.304 e. The molecule has 1 unspecified atom stereocenters. The first-order chi connectivity index (χ1) is 19.4. The second kappa shape index (κ2) is 10.8. The minimum atomic E-state index is -0.886. The fraction of sp³-hybridized carbons (Fsp3) is 0.375. The van der Waals surface area contributed by atoms with Crippen LogP contribution in [0.1, 0.15) is 81.8 Å². The van der Waals surface area contributed by atoms with Crippen molar-refractivity contribution in [1.29, 1.82) is 0 Å². The summed E-state index contributed by atoms with van der Waals surface area (Å²) in [6.07, 6.45) is 5.31. The molecule has 206 valence electrons. The second-order valence-corrected chi connectivity index (χ2v) is 11.1. The molecule has 0 aliphatic carbocycles. The monoisotopic (exact) mass is 540 g/mol. The first kappa shape index (κ1) is 26.2. The van der Waals surface area contributed by atoms with E-state index in [2.05, 4.69) is 10.3 Å². The molecule has 6 heterocycles. The topological polar surface area (TPSA) is 88.3 Å². The fourth-order valence-corrected chi connectivity index (χ4v) is 6.28. The van der Waals surface area contributed by atoms with E-state index >= 15 is 4.39 Å². The molecular weight excluding hydrogens is 507 g/mol. The molecule has 1 N–H and O–H groups in total. The van der Waals surface area contributed by atoms with E-state index in [0.717, 1.165) is 83.1 Å². The van der Waals surface area contributed by atoms with Crippen LogP contribution in [0.2, 0.25) is 0 Å². The average molecular weight is 541 g/mol. The molecule has 0 radical (unpaired) electrons. The summed E-state index contributed by atoms with van der Waals surface area (Å²) in [4.78, 5) is 27.1. The molecule has 3 aromatic carbocycles. The van der Waals surface area contributed by atoms with E-state index in [9.17, 15) is 14.7 Å². The molecule has 0 spiro atoms. The molecule has 4 aromatic rings. The Morgan fingerprint density at radius 2 is 1.85 bits per heavy atom. The van der Waals surface area contributed by atoms with E-state index in [1.54, 1.807) is 11.0 Å². The lowest BCUT2D eigenvalue weighted by molar-refractivity contribution is -0.137. The molecule has 40 heavy (non-hydrogen) atoms. The predicted octanol–water partition coefficient (Wildman–Crippen LogP) is 5.80. The summed E-state index contributed by atoms with van der Waals surface area (Å²) in [5.41, 5.74) is 7.58. The molecule has 5 aliphatic rings. The molecule has 0 fully saturated rings. The summed E-state index contributed by atoms with van der Waals surface area (Å²) in [7, 11) is 0. The molecule has 7 nitrogen and oxygen atoms in total. The number of rotatable bonds is 2. The van der Waals surface area contributed by atoms with Gasteiger partial charge in [-0.2, -0.15) is 0 Å². The highest BCUT2D eigenvalue weighted by atomic mass is 19.1. The van der Waals surface area contributed by atoms with Crippen molar-refractivity contribution in [2.75, 3.05) is 6.54 Å². The molecule has 9 rings (SSSR count). The van der Waals surface area contributed by atoms with Gasteiger partial charge in [0.05, 0.1) is 17.5 Å². The van der Waals surface area contributed by atoms with Gasteiger partial charge in [-0.3, -0.25) is 9.59 Å². The Hall–Kier alpha value is -4.07. The molecule has 9 bridgehead atoms. The van der Waals surface area contributed by atoms with Gasteiger partial charge in [0.2, 0.25) is 0 Å². The van der Waals surface area contributed by atoms with Crippen molar-refractivity contribution in [3.63, 3.8) is 0 Å². The van der Waals surface area contributed by atoms with Crippen molar-refractivity contribution in [3.05, 3.63) is 93.3 Å². The summed E-state index contributed by atoms with van der Waals surface area (Å²) >= 11 is 0. The van der Waals surface area contributed by atoms with E-state index in [-0.39, 0.29) is 23.8 Å². The van der Waals surface area contributed by atoms with Gasteiger partial charge >= 0.3 is 5.97 Å². The minimum Gasteiger partial charge on any atom is -0.481 e. The van der Waals surface area contributed by atoms with Gasteiger partial charge in [0.1, 0.15) is 11.3 Å². The van der Waals surface area contributed by atoms with Crippen LogP contribution in [0.5, 0.6) is 0 Å². The van der Waals surface area contributed by atoms with Gasteiger partial charge in [-0.25, -0.2) is 9.07 Å². The number of amides is 1. The van der Waals surface area contributed by atoms with Crippen LogP contribution < -0.4 is 0 Å². The standard InChI is InChI=1S/C32H33FN4O3/c1-20-25-11-12-29-31(20)34-35-37(29)14-5-3-2-4-6-21-7-10-26(28(33)16-21)32(40)36-15-13-22-8-9-23(17-24(22)19-36)27(25)18-30(38)39/h7-12,16-17,27H,2-6,13-15,18-19H2,1H3,(H,38,39). The average Bonchev–Trinajstić information content (AvgIpc) is 3.36. The van der Waals surface area contributed by atoms with Crippen LogP contribution >= 0.6 is 0 Å². The highest BCUT2D eigenvalue weighted by Gasteiger charge is 2.27. The zero-order valence-corrected chi connectivity index (χ0v) is 22.7. The van der Waals surface area contributed by atoms with Crippen molar-refractivity contribution in [3.8, 4) is 0 Å². The predicted molar refractivity (Wildman–Crippen MR) is 150 cm³/mol. The van der Waals surface area contributed by atoms with Crippen LogP contribution in [-0.2, 0) is 30.7 Å². The number of carboxylic acids is 1. The molecule has 8 heteroatoms. The highest BCUT2D eigenvalue weighted by molar-refractivity contribution is 5.94. The summed E-state index contributed by atoms with van der Waals surface area (Å²) in [5.74, 6) is -2.05. The van der Waals surface area contributed by atoms with Crippen molar-refractivity contribution >= 4 is 22.9 Å². The van der Waals surface area contributed by atoms with Gasteiger partial charge in [0.25, 0.3) is 5.91 Å². The first-order valence-corrected chi connectivity index (χ1v) is 14.1. The molecule has 1 amide bonds. The summed E-state index contributed by atoms with van der Waals surface area (Å²) in [6.45, 7) is 3.61. The van der Waals surface area contributed by atoms with Crippen molar-refractivity contribution in [2.45, 2.75) is 70.9 Å². The van der Waals surface area contributed by atoms with E-state index in [1.807, 2.05) is 48.0 Å². The van der Waals surface area contributed by atoms with Crippen LogP contribution in [0.25, 0.3) is 11.0 Å². The molecular formula is C32H33FN4O3. The van der Waals surface area contributed by atoms with Crippen LogP contribution in [-0.4, -0.2) is 43.4 Å². The van der Waals surface area contributed by atoms with Crippen molar-refractivity contribution in [1.82, 2.24) is 19.9 Å². The van der Waals surface area contributed by atoms with Gasteiger partial charge in [-0.15, -0.1) is 5.10 Å². The lowest BCUT2D eigenvalue weighted by Crippen LogP contribution is -2.36. The first-order valence-electron chi connectivity index (χ1n) is 14.1. The Balaban J connectivity index is 1.42. The van der Waals surface area contributed by atoms with E-state index in [0.29, 0.717) is 19.5 Å². The number of carboxylic acid groups (broad SMARTS) is 1. The lowest BCUT2D eigenvalue weighted by atomic mass is 9.83. The van der Waals surface area contributed by atoms with Crippen LogP contribution in [0.4, 0.5) is 4.39 Å². The van der Waals surface area contributed by atoms with Gasteiger partial charge in [0.15, 0.2) is 0 Å². The zero-order chi connectivity index (χ0) is 27.8. The Morgan fingerprint density at radius 3 is 2.67 bits per heavy atom. The van der Waals surface area contributed by atoms with Crippen molar-refractivity contribution in [2.24, 2.45) is 0 Å². The Bertz CT molecular complexity index is 1610. The Morgan fingerprint density at radius 1 is 1.00 bits per heavy atom. The maximum atomic E-state index is 15.1. The Kier molecular flexibility index (Phi) is 7.09. The summed E-state index contributed by atoms with van der Waals surface area (Å²) < 4.78 is 17.0. The Labute approximate surface area is 232 Å². The maximum absolute atomic E-state index is 15.1. The number of hydrogen-bond acceptors (Lipinski definition) is 4. The molecule has 0 saturated heterocycles. The number of hydrogen-bond donors (Lipinski definition) is 1. The highest BCUT2D eigenvalue weighted by Crippen LogP contribution is 2.35. The normalized spacial score (nSPS) is 17.9. The maximum Gasteiger partial charge on any atom is 0.304 e. The largest absolute Gasteiger partial charge is 0.481 e. The number of halogens is 1. The third kappa shape index (κ3) is 4.98. The second-order valence-electron chi connectivity index (χ2n) is 11.1. The number of aromatic nitrogens is 3. The van der Waals surface area contributed by atoms with Crippen LogP contribution in [0, 0.1) is 12.7 Å². The van der Waals surface area contributed by atoms with Crippen LogP contribution in [0.3, 0.4) is 0 Å². The fourth-order valence-electron chi connectivity index (χ4n) is 6.28. The van der Waals surface area contributed by atoms with Crippen LogP contribution in [0.15, 0.2) is 48.5 Å². The third-order valence-electron chi connectivity index (χ3n) is 8.52. The van der Waals surface area contributed by atoms with E-state index in [4.69, 9.17) is 0 Å². The van der Waals surface area contributed by atoms with E-state index in [1.165, 1.54) is 6.07 Å². The number of benzene rings is 3. The quantitative estimate of drug-likeness (QED) is 0.347. The number of aliphatic carboxylic acids is 1. The SMILES string of the molecule is Cc1c2ccc3c1nnn3CCCCCCc1ccc(c(F)c1)C(=O)N1CCc3ccc(cc3C1)C2CC(=O)O. The van der Waals surface area contributed by atoms with Gasteiger partial charge in [0, 0.05) is 25.6 Å². The number of carbonyl (C=O) groups is 2. The molecule has 1 aromatic heterocycles. The molecule has 5 aliphatic heterocycles. The van der Waals surface area contributed by atoms with Gasteiger partial charge < -0.3 is 10.0 Å². The summed E-state index contributed by atoms with van der Waals surface area (Å²) in [6, 6.07) is 15.1. The number of aryl methyl sites for hydroxylation is 3.